The molecule has 2 rings (SSSR count). The van der Waals surface area contributed by atoms with Gasteiger partial charge >= 0.3 is 6.18 Å². The molecule has 1 aromatic rings. The predicted octanol–water partition coefficient (Wildman–Crippen LogP) is 1.93. The van der Waals surface area contributed by atoms with Crippen LogP contribution in [0.25, 0.3) is 0 Å². The molecule has 0 aliphatic carbocycles. The molecule has 0 spiro atoms. The molecule has 1 saturated heterocycles. The maximum absolute atomic E-state index is 12.6. The molecular formula is C14H22F3N5. The molecule has 2 heterocycles. The number of nitrogens with zero attached hydrogens (tertiary/aromatic N) is 4. The lowest BCUT2D eigenvalue weighted by Crippen LogP contribution is -2.51. The van der Waals surface area contributed by atoms with Gasteiger partial charge in [0.25, 0.3) is 0 Å². The minimum Gasteiger partial charge on any atom is -0.353 e. The van der Waals surface area contributed by atoms with Gasteiger partial charge in [0, 0.05) is 45.0 Å². The Labute approximate surface area is 128 Å². The van der Waals surface area contributed by atoms with Gasteiger partial charge in [-0.25, -0.2) is 9.97 Å². The summed E-state index contributed by atoms with van der Waals surface area (Å²) in [7, 11) is 0. The molecule has 124 valence electrons. The fourth-order valence-electron chi connectivity index (χ4n) is 2.49. The number of hydrogen-bond acceptors (Lipinski definition) is 5. The SMILES string of the molecule is CCN1CCN([C@H](C)CNc2nccc(C(F)(F)F)n2)CC1. The van der Waals surface area contributed by atoms with Crippen molar-refractivity contribution in [3.63, 3.8) is 0 Å². The average molecular weight is 317 g/mol. The zero-order valence-corrected chi connectivity index (χ0v) is 12.9. The fraction of sp³-hybridized carbons (Fsp3) is 0.714. The van der Waals surface area contributed by atoms with E-state index in [4.69, 9.17) is 0 Å². The van der Waals surface area contributed by atoms with Gasteiger partial charge < -0.3 is 10.2 Å². The standard InChI is InChI=1S/C14H22F3N5/c1-3-21-6-8-22(9-7-21)11(2)10-19-13-18-5-4-12(20-13)14(15,16)17/h4-5,11H,3,6-10H2,1-2H3,(H,18,19,20)/t11-/m1/s1. The quantitative estimate of drug-likeness (QED) is 0.899. The highest BCUT2D eigenvalue weighted by molar-refractivity contribution is 5.26. The van der Waals surface area contributed by atoms with E-state index in [1.54, 1.807) is 0 Å². The fourth-order valence-corrected chi connectivity index (χ4v) is 2.49. The molecule has 0 bridgehead atoms. The van der Waals surface area contributed by atoms with Crippen LogP contribution in [0.2, 0.25) is 0 Å². The Morgan fingerprint density at radius 2 is 1.95 bits per heavy atom. The number of hydrogen-bond donors (Lipinski definition) is 1. The molecule has 1 aromatic heterocycles. The number of piperazine rings is 1. The zero-order chi connectivity index (χ0) is 16.2. The van der Waals surface area contributed by atoms with Crippen molar-refractivity contribution in [1.29, 1.82) is 0 Å². The van der Waals surface area contributed by atoms with Gasteiger partial charge in [0.2, 0.25) is 5.95 Å². The van der Waals surface area contributed by atoms with Crippen molar-refractivity contribution in [3.05, 3.63) is 18.0 Å². The largest absolute Gasteiger partial charge is 0.433 e. The van der Waals surface area contributed by atoms with Gasteiger partial charge in [0.15, 0.2) is 0 Å². The van der Waals surface area contributed by atoms with Crippen LogP contribution in [0.1, 0.15) is 19.5 Å². The van der Waals surface area contributed by atoms with Crippen molar-refractivity contribution < 1.29 is 13.2 Å². The third-order valence-electron chi connectivity index (χ3n) is 3.98. The van der Waals surface area contributed by atoms with Gasteiger partial charge in [-0.2, -0.15) is 13.2 Å². The highest BCUT2D eigenvalue weighted by Crippen LogP contribution is 2.27. The summed E-state index contributed by atoms with van der Waals surface area (Å²) in [6.07, 6.45) is -3.32. The van der Waals surface area contributed by atoms with E-state index in [2.05, 4.69) is 38.9 Å². The zero-order valence-electron chi connectivity index (χ0n) is 12.9. The van der Waals surface area contributed by atoms with Crippen molar-refractivity contribution in [2.75, 3.05) is 44.6 Å². The first kappa shape index (κ1) is 17.0. The highest BCUT2D eigenvalue weighted by atomic mass is 19.4. The number of nitrogens with one attached hydrogen (secondary N) is 1. The summed E-state index contributed by atoms with van der Waals surface area (Å²) in [6.45, 7) is 9.78. The topological polar surface area (TPSA) is 44.3 Å². The van der Waals surface area contributed by atoms with E-state index in [-0.39, 0.29) is 12.0 Å². The predicted molar refractivity (Wildman–Crippen MR) is 78.7 cm³/mol. The summed E-state index contributed by atoms with van der Waals surface area (Å²) in [6, 6.07) is 1.09. The molecule has 1 atom stereocenters. The molecule has 1 fully saturated rings. The third kappa shape index (κ3) is 4.54. The van der Waals surface area contributed by atoms with Crippen molar-refractivity contribution >= 4 is 5.95 Å². The number of likely N-dealkylation sites (N-methyl/N-ethyl adjacent to an activating group) is 1. The first-order valence-electron chi connectivity index (χ1n) is 7.50. The minimum absolute atomic E-state index is 0.0221. The van der Waals surface area contributed by atoms with Gasteiger partial charge in [-0.15, -0.1) is 0 Å². The van der Waals surface area contributed by atoms with Crippen LogP contribution in [0.5, 0.6) is 0 Å². The molecule has 1 aliphatic heterocycles. The maximum atomic E-state index is 12.6. The molecule has 8 heteroatoms. The van der Waals surface area contributed by atoms with Crippen molar-refractivity contribution in [2.45, 2.75) is 26.1 Å². The van der Waals surface area contributed by atoms with Gasteiger partial charge in [-0.3, -0.25) is 4.90 Å². The second-order valence-corrected chi connectivity index (χ2v) is 5.46. The summed E-state index contributed by atoms with van der Waals surface area (Å²) in [4.78, 5) is 12.1. The Bertz CT molecular complexity index is 472. The van der Waals surface area contributed by atoms with Crippen molar-refractivity contribution in [2.24, 2.45) is 0 Å². The van der Waals surface area contributed by atoms with E-state index >= 15 is 0 Å². The van der Waals surface area contributed by atoms with Crippen LogP contribution in [-0.2, 0) is 6.18 Å². The molecule has 0 saturated carbocycles. The highest BCUT2D eigenvalue weighted by Gasteiger charge is 2.32. The van der Waals surface area contributed by atoms with E-state index in [9.17, 15) is 13.2 Å². The van der Waals surface area contributed by atoms with Crippen LogP contribution >= 0.6 is 0 Å². The molecule has 0 aromatic carbocycles. The van der Waals surface area contributed by atoms with Crippen LogP contribution in [0.4, 0.5) is 19.1 Å². The Balaban J connectivity index is 1.85. The van der Waals surface area contributed by atoms with Gasteiger partial charge in [0.05, 0.1) is 0 Å². The third-order valence-corrected chi connectivity index (χ3v) is 3.98. The molecular weight excluding hydrogens is 295 g/mol. The van der Waals surface area contributed by atoms with Gasteiger partial charge in [0.1, 0.15) is 5.69 Å². The lowest BCUT2D eigenvalue weighted by atomic mass is 10.2. The number of rotatable bonds is 5. The second kappa shape index (κ2) is 7.23. The molecule has 22 heavy (non-hydrogen) atoms. The Hall–Kier alpha value is -1.41. The minimum atomic E-state index is -4.44. The van der Waals surface area contributed by atoms with Crippen LogP contribution in [-0.4, -0.2) is 65.1 Å². The number of aromatic nitrogens is 2. The lowest BCUT2D eigenvalue weighted by molar-refractivity contribution is -0.141. The van der Waals surface area contributed by atoms with E-state index < -0.39 is 11.9 Å². The molecule has 5 nitrogen and oxygen atoms in total. The number of alkyl halides is 3. The first-order valence-corrected chi connectivity index (χ1v) is 7.50. The summed E-state index contributed by atoms with van der Waals surface area (Å²) in [5.41, 5.74) is -0.922. The van der Waals surface area contributed by atoms with Crippen LogP contribution in [0.3, 0.4) is 0 Å². The second-order valence-electron chi connectivity index (χ2n) is 5.46. The van der Waals surface area contributed by atoms with Crippen molar-refractivity contribution in [3.8, 4) is 0 Å². The summed E-state index contributed by atoms with van der Waals surface area (Å²) in [5, 5.41) is 2.90. The van der Waals surface area contributed by atoms with E-state index in [1.807, 2.05) is 0 Å². The van der Waals surface area contributed by atoms with Crippen molar-refractivity contribution in [1.82, 2.24) is 19.8 Å². The normalized spacial score (nSPS) is 19.1. The Morgan fingerprint density at radius 3 is 2.55 bits per heavy atom. The van der Waals surface area contributed by atoms with E-state index in [1.165, 1.54) is 0 Å². The Morgan fingerprint density at radius 1 is 1.27 bits per heavy atom. The number of halogens is 3. The molecule has 0 radical (unpaired) electrons. The smallest absolute Gasteiger partial charge is 0.353 e. The van der Waals surface area contributed by atoms with Crippen LogP contribution in [0, 0.1) is 0 Å². The van der Waals surface area contributed by atoms with Gasteiger partial charge in [-0.1, -0.05) is 6.92 Å². The van der Waals surface area contributed by atoms with Gasteiger partial charge in [-0.05, 0) is 19.5 Å². The van der Waals surface area contributed by atoms with E-state index in [0.29, 0.717) is 6.54 Å². The summed E-state index contributed by atoms with van der Waals surface area (Å²) < 4.78 is 37.8. The summed E-state index contributed by atoms with van der Waals surface area (Å²) in [5.74, 6) is 0.0221. The lowest BCUT2D eigenvalue weighted by Gasteiger charge is -2.37. The molecule has 0 amide bonds. The number of anilines is 1. The van der Waals surface area contributed by atoms with Crippen LogP contribution < -0.4 is 5.32 Å². The van der Waals surface area contributed by atoms with E-state index in [0.717, 1.165) is 45.0 Å². The molecule has 0 unspecified atom stereocenters. The first-order chi connectivity index (χ1) is 10.4. The summed E-state index contributed by atoms with van der Waals surface area (Å²) >= 11 is 0. The average Bonchev–Trinajstić information content (AvgIpc) is 2.52. The molecule has 1 aliphatic rings. The Kier molecular flexibility index (Phi) is 5.57. The maximum Gasteiger partial charge on any atom is 0.433 e. The molecule has 1 N–H and O–H groups in total. The van der Waals surface area contributed by atoms with Crippen LogP contribution in [0.15, 0.2) is 12.3 Å². The monoisotopic (exact) mass is 317 g/mol.